The van der Waals surface area contributed by atoms with Crippen molar-refractivity contribution in [2.75, 3.05) is 19.6 Å². The number of carbonyl (C=O) groups is 1. The third-order valence-electron chi connectivity index (χ3n) is 1.88. The zero-order valence-corrected chi connectivity index (χ0v) is 10.1. The first-order chi connectivity index (χ1) is 7.72. The maximum atomic E-state index is 11.3. The molecule has 1 aromatic rings. The minimum atomic E-state index is -0.0396. The lowest BCUT2D eigenvalue weighted by atomic mass is 10.3. The van der Waals surface area contributed by atoms with E-state index in [4.69, 9.17) is 6.42 Å². The van der Waals surface area contributed by atoms with Gasteiger partial charge in [-0.05, 0) is 6.92 Å². The van der Waals surface area contributed by atoms with E-state index >= 15 is 0 Å². The smallest absolute Gasteiger partial charge is 0.233 e. The average Bonchev–Trinajstić information content (AvgIpc) is 2.65. The standard InChI is InChI=1S/C11H15N3OS/c1-3-5-12-7-11(15)13-6-4-10-8-16-9(2)14-10/h1,8,12H,4-7H2,2H3,(H,13,15). The van der Waals surface area contributed by atoms with Crippen molar-refractivity contribution >= 4 is 17.2 Å². The Morgan fingerprint density at radius 3 is 3.12 bits per heavy atom. The van der Waals surface area contributed by atoms with Crippen molar-refractivity contribution in [3.05, 3.63) is 16.1 Å². The first kappa shape index (κ1) is 12.7. The van der Waals surface area contributed by atoms with E-state index in [1.54, 1.807) is 11.3 Å². The third-order valence-corrected chi connectivity index (χ3v) is 2.70. The van der Waals surface area contributed by atoms with Crippen LogP contribution in [-0.2, 0) is 11.2 Å². The monoisotopic (exact) mass is 237 g/mol. The molecule has 1 rings (SSSR count). The number of carbonyl (C=O) groups excluding carboxylic acids is 1. The predicted molar refractivity (Wildman–Crippen MR) is 65.3 cm³/mol. The maximum Gasteiger partial charge on any atom is 0.233 e. The molecule has 86 valence electrons. The molecule has 0 unspecified atom stereocenters. The summed E-state index contributed by atoms with van der Waals surface area (Å²) < 4.78 is 0. The summed E-state index contributed by atoms with van der Waals surface area (Å²) in [6, 6.07) is 0. The molecule has 0 atom stereocenters. The first-order valence-corrected chi connectivity index (χ1v) is 5.92. The van der Waals surface area contributed by atoms with Gasteiger partial charge in [-0.2, -0.15) is 0 Å². The molecule has 0 aromatic carbocycles. The van der Waals surface area contributed by atoms with Gasteiger partial charge < -0.3 is 5.32 Å². The molecule has 16 heavy (non-hydrogen) atoms. The fraction of sp³-hybridized carbons (Fsp3) is 0.455. The number of nitrogens with zero attached hydrogens (tertiary/aromatic N) is 1. The maximum absolute atomic E-state index is 11.3. The highest BCUT2D eigenvalue weighted by molar-refractivity contribution is 7.09. The molecule has 1 aromatic heterocycles. The molecule has 2 N–H and O–H groups in total. The molecule has 0 aliphatic carbocycles. The molecule has 0 saturated heterocycles. The van der Waals surface area contributed by atoms with Crippen LogP contribution in [0.2, 0.25) is 0 Å². The number of aromatic nitrogens is 1. The Labute approximate surface area is 99.5 Å². The Hall–Kier alpha value is -1.38. The quantitative estimate of drug-likeness (QED) is 0.554. The van der Waals surface area contributed by atoms with E-state index in [9.17, 15) is 4.79 Å². The third kappa shape index (κ3) is 4.91. The van der Waals surface area contributed by atoms with Crippen LogP contribution in [0, 0.1) is 19.3 Å². The Kier molecular flexibility index (Phi) is 5.54. The minimum Gasteiger partial charge on any atom is -0.355 e. The summed E-state index contributed by atoms with van der Waals surface area (Å²) in [5, 5.41) is 8.68. The van der Waals surface area contributed by atoms with Gasteiger partial charge in [-0.25, -0.2) is 4.98 Å². The first-order valence-electron chi connectivity index (χ1n) is 5.04. The van der Waals surface area contributed by atoms with Crippen LogP contribution in [0.3, 0.4) is 0 Å². The van der Waals surface area contributed by atoms with E-state index in [1.807, 2.05) is 12.3 Å². The van der Waals surface area contributed by atoms with Crippen LogP contribution in [-0.4, -0.2) is 30.5 Å². The Morgan fingerprint density at radius 1 is 1.69 bits per heavy atom. The Balaban J connectivity index is 2.11. The fourth-order valence-corrected chi connectivity index (χ4v) is 1.81. The zero-order valence-electron chi connectivity index (χ0n) is 9.25. The van der Waals surface area contributed by atoms with Crippen LogP contribution in [0.25, 0.3) is 0 Å². The molecule has 5 heteroatoms. The van der Waals surface area contributed by atoms with Gasteiger partial charge >= 0.3 is 0 Å². The normalized spacial score (nSPS) is 9.75. The molecule has 0 saturated carbocycles. The van der Waals surface area contributed by atoms with Gasteiger partial charge in [0.1, 0.15) is 0 Å². The molecule has 0 bridgehead atoms. The second-order valence-corrected chi connectivity index (χ2v) is 4.33. The van der Waals surface area contributed by atoms with Gasteiger partial charge in [0.2, 0.25) is 5.91 Å². The van der Waals surface area contributed by atoms with E-state index < -0.39 is 0 Å². The van der Waals surface area contributed by atoms with E-state index in [1.165, 1.54) is 0 Å². The molecule has 1 amide bonds. The zero-order chi connectivity index (χ0) is 11.8. The molecule has 4 nitrogen and oxygen atoms in total. The Morgan fingerprint density at radius 2 is 2.50 bits per heavy atom. The summed E-state index contributed by atoms with van der Waals surface area (Å²) in [4.78, 5) is 15.6. The van der Waals surface area contributed by atoms with Gasteiger partial charge in [-0.15, -0.1) is 17.8 Å². The topological polar surface area (TPSA) is 54.0 Å². The molecular weight excluding hydrogens is 222 g/mol. The van der Waals surface area contributed by atoms with E-state index in [0.717, 1.165) is 17.1 Å². The lowest BCUT2D eigenvalue weighted by Gasteiger charge is -2.03. The van der Waals surface area contributed by atoms with Crippen molar-refractivity contribution < 1.29 is 4.79 Å². The van der Waals surface area contributed by atoms with Gasteiger partial charge in [0.15, 0.2) is 0 Å². The summed E-state index contributed by atoms with van der Waals surface area (Å²) in [5.74, 6) is 2.37. The summed E-state index contributed by atoms with van der Waals surface area (Å²) in [5.41, 5.74) is 1.03. The van der Waals surface area contributed by atoms with Gasteiger partial charge in [0, 0.05) is 18.3 Å². The predicted octanol–water partition coefficient (Wildman–Crippen LogP) is 0.333. The fourth-order valence-electron chi connectivity index (χ4n) is 1.16. The van der Waals surface area contributed by atoms with Crippen molar-refractivity contribution in [2.45, 2.75) is 13.3 Å². The highest BCUT2D eigenvalue weighted by Gasteiger charge is 2.01. The number of hydrogen-bond acceptors (Lipinski definition) is 4. The van der Waals surface area contributed by atoms with Gasteiger partial charge in [-0.3, -0.25) is 10.1 Å². The van der Waals surface area contributed by atoms with Crippen LogP contribution in [0.15, 0.2) is 5.38 Å². The van der Waals surface area contributed by atoms with E-state index in [0.29, 0.717) is 13.1 Å². The van der Waals surface area contributed by atoms with Crippen LogP contribution in [0.4, 0.5) is 0 Å². The number of hydrogen-bond donors (Lipinski definition) is 2. The number of rotatable bonds is 6. The number of amides is 1. The molecule has 0 radical (unpaired) electrons. The molecule has 0 aliphatic rings. The molecule has 0 spiro atoms. The van der Waals surface area contributed by atoms with Crippen LogP contribution in [0.5, 0.6) is 0 Å². The molecule has 0 fully saturated rings. The molecule has 0 aliphatic heterocycles. The van der Waals surface area contributed by atoms with Crippen molar-refractivity contribution in [3.63, 3.8) is 0 Å². The summed E-state index contributed by atoms with van der Waals surface area (Å²) in [6.07, 6.45) is 5.81. The Bertz CT molecular complexity index is 381. The second kappa shape index (κ2) is 6.99. The number of nitrogens with one attached hydrogen (secondary N) is 2. The lowest BCUT2D eigenvalue weighted by molar-refractivity contribution is -0.120. The summed E-state index contributed by atoms with van der Waals surface area (Å²) in [6.45, 7) is 3.26. The minimum absolute atomic E-state index is 0.0396. The highest BCUT2D eigenvalue weighted by atomic mass is 32.1. The summed E-state index contributed by atoms with van der Waals surface area (Å²) in [7, 11) is 0. The molecular formula is C11H15N3OS. The number of aryl methyl sites for hydroxylation is 1. The van der Waals surface area contributed by atoms with Crippen LogP contribution < -0.4 is 10.6 Å². The van der Waals surface area contributed by atoms with Crippen molar-refractivity contribution in [2.24, 2.45) is 0 Å². The largest absolute Gasteiger partial charge is 0.355 e. The number of thiazole rings is 1. The van der Waals surface area contributed by atoms with E-state index in [-0.39, 0.29) is 12.5 Å². The average molecular weight is 237 g/mol. The van der Waals surface area contributed by atoms with Crippen molar-refractivity contribution in [1.29, 1.82) is 0 Å². The lowest BCUT2D eigenvalue weighted by Crippen LogP contribution is -2.35. The molecule has 1 heterocycles. The van der Waals surface area contributed by atoms with E-state index in [2.05, 4.69) is 21.5 Å². The van der Waals surface area contributed by atoms with Gasteiger partial charge in [0.25, 0.3) is 0 Å². The summed E-state index contributed by atoms with van der Waals surface area (Å²) >= 11 is 1.62. The SMILES string of the molecule is C#CCNCC(=O)NCCc1csc(C)n1. The highest BCUT2D eigenvalue weighted by Crippen LogP contribution is 2.07. The van der Waals surface area contributed by atoms with Crippen molar-refractivity contribution in [3.8, 4) is 12.3 Å². The van der Waals surface area contributed by atoms with Crippen LogP contribution >= 0.6 is 11.3 Å². The number of terminal acetylenes is 1. The van der Waals surface area contributed by atoms with Gasteiger partial charge in [-0.1, -0.05) is 5.92 Å². The van der Waals surface area contributed by atoms with Crippen molar-refractivity contribution in [1.82, 2.24) is 15.6 Å². The van der Waals surface area contributed by atoms with Gasteiger partial charge in [0.05, 0.1) is 23.8 Å². The second-order valence-electron chi connectivity index (χ2n) is 3.27. The van der Waals surface area contributed by atoms with Crippen LogP contribution in [0.1, 0.15) is 10.7 Å².